The molecule has 0 heterocycles. The second-order valence-corrected chi connectivity index (χ2v) is 3.16. The predicted molar refractivity (Wildman–Crippen MR) is 54.8 cm³/mol. The lowest BCUT2D eigenvalue weighted by molar-refractivity contribution is 0.116. The van der Waals surface area contributed by atoms with Crippen molar-refractivity contribution in [1.29, 1.82) is 5.26 Å². The Balaban J connectivity index is 2.71. The molecule has 0 saturated heterocycles. The molecule has 0 aliphatic rings. The highest BCUT2D eigenvalue weighted by Gasteiger charge is 2.08. The van der Waals surface area contributed by atoms with Crippen molar-refractivity contribution >= 4 is 6.09 Å². The Kier molecular flexibility index (Phi) is 3.69. The summed E-state index contributed by atoms with van der Waals surface area (Å²) in [6, 6.07) is 9.36. The number of nitrogens with zero attached hydrogens (tertiary/aromatic N) is 1. The minimum Gasteiger partial charge on any atom is -0.442 e. The maximum absolute atomic E-state index is 10.5. The minimum atomic E-state index is -0.788. The Morgan fingerprint density at radius 1 is 1.53 bits per heavy atom. The van der Waals surface area contributed by atoms with Crippen molar-refractivity contribution in [2.24, 2.45) is 5.73 Å². The normalized spacial score (nSPS) is 11.5. The van der Waals surface area contributed by atoms with E-state index in [-0.39, 0.29) is 6.10 Å². The topological polar surface area (TPSA) is 76.1 Å². The van der Waals surface area contributed by atoms with E-state index < -0.39 is 6.09 Å². The molecule has 0 aromatic heterocycles. The molecule has 0 aliphatic carbocycles. The van der Waals surface area contributed by atoms with Crippen LogP contribution < -0.4 is 5.73 Å². The molecule has 78 valence electrons. The summed E-state index contributed by atoms with van der Waals surface area (Å²) in [6.07, 6.45) is -0.770. The largest absolute Gasteiger partial charge is 0.442 e. The highest BCUT2D eigenvalue weighted by molar-refractivity contribution is 5.65. The summed E-state index contributed by atoms with van der Waals surface area (Å²) in [7, 11) is 0. The molecule has 0 fully saturated rings. The molecule has 1 aromatic carbocycles. The summed E-state index contributed by atoms with van der Waals surface area (Å²) >= 11 is 0. The summed E-state index contributed by atoms with van der Waals surface area (Å²) in [5.41, 5.74) is 6.70. The molecular formula is C11H12N2O2. The van der Waals surface area contributed by atoms with Crippen LogP contribution in [0.2, 0.25) is 0 Å². The molecule has 1 aromatic rings. The second kappa shape index (κ2) is 5.01. The summed E-state index contributed by atoms with van der Waals surface area (Å²) in [5.74, 6) is 0. The van der Waals surface area contributed by atoms with E-state index in [4.69, 9.17) is 15.7 Å². The number of nitriles is 1. The molecule has 1 atom stereocenters. The standard InChI is InChI=1S/C11H12N2O2/c1-8(15-11(13)14)10-4-2-9(3-5-10)6-7-12/h2-5,8H,6H2,1H3,(H2,13,14). The van der Waals surface area contributed by atoms with Crippen LogP contribution in [-0.4, -0.2) is 6.09 Å². The quantitative estimate of drug-likeness (QED) is 0.816. The van der Waals surface area contributed by atoms with Gasteiger partial charge in [-0.1, -0.05) is 24.3 Å². The third kappa shape index (κ3) is 3.31. The van der Waals surface area contributed by atoms with Crippen molar-refractivity contribution in [2.45, 2.75) is 19.4 Å². The van der Waals surface area contributed by atoms with Crippen LogP contribution in [0.15, 0.2) is 24.3 Å². The van der Waals surface area contributed by atoms with Crippen LogP contribution in [0.3, 0.4) is 0 Å². The molecule has 1 amide bonds. The van der Waals surface area contributed by atoms with Gasteiger partial charge in [0.15, 0.2) is 0 Å². The van der Waals surface area contributed by atoms with E-state index in [0.29, 0.717) is 6.42 Å². The van der Waals surface area contributed by atoms with Gasteiger partial charge in [0.1, 0.15) is 6.10 Å². The maximum atomic E-state index is 10.5. The molecule has 0 aliphatic heterocycles. The maximum Gasteiger partial charge on any atom is 0.405 e. The molecule has 15 heavy (non-hydrogen) atoms. The zero-order chi connectivity index (χ0) is 11.3. The molecule has 0 radical (unpaired) electrons. The van der Waals surface area contributed by atoms with E-state index in [1.807, 2.05) is 24.3 Å². The fraction of sp³-hybridized carbons (Fsp3) is 0.273. The number of nitrogens with two attached hydrogens (primary N) is 1. The summed E-state index contributed by atoms with van der Waals surface area (Å²) in [5, 5.41) is 8.48. The zero-order valence-electron chi connectivity index (χ0n) is 8.43. The van der Waals surface area contributed by atoms with Gasteiger partial charge in [-0.15, -0.1) is 0 Å². The number of hydrogen-bond donors (Lipinski definition) is 1. The third-order valence-corrected chi connectivity index (χ3v) is 2.03. The lowest BCUT2D eigenvalue weighted by Gasteiger charge is -2.11. The predicted octanol–water partition coefficient (Wildman–Crippen LogP) is 1.91. The molecule has 0 bridgehead atoms. The van der Waals surface area contributed by atoms with E-state index in [1.54, 1.807) is 6.92 Å². The molecule has 4 heteroatoms. The van der Waals surface area contributed by atoms with Gasteiger partial charge in [0.05, 0.1) is 12.5 Å². The van der Waals surface area contributed by atoms with Crippen molar-refractivity contribution in [3.63, 3.8) is 0 Å². The lowest BCUT2D eigenvalue weighted by atomic mass is 10.1. The van der Waals surface area contributed by atoms with Gasteiger partial charge in [0.2, 0.25) is 0 Å². The van der Waals surface area contributed by atoms with Crippen LogP contribution in [0, 0.1) is 11.3 Å². The molecular weight excluding hydrogens is 192 g/mol. The fourth-order valence-electron chi connectivity index (χ4n) is 1.24. The minimum absolute atomic E-state index is 0.362. The number of amides is 1. The third-order valence-electron chi connectivity index (χ3n) is 2.03. The zero-order valence-corrected chi connectivity index (χ0v) is 8.43. The lowest BCUT2D eigenvalue weighted by Crippen LogP contribution is -2.15. The van der Waals surface area contributed by atoms with Crippen molar-refractivity contribution < 1.29 is 9.53 Å². The van der Waals surface area contributed by atoms with E-state index >= 15 is 0 Å². The van der Waals surface area contributed by atoms with Gasteiger partial charge in [-0.2, -0.15) is 5.26 Å². The first-order valence-corrected chi connectivity index (χ1v) is 4.55. The van der Waals surface area contributed by atoms with Crippen LogP contribution >= 0.6 is 0 Å². The molecule has 2 N–H and O–H groups in total. The smallest absolute Gasteiger partial charge is 0.405 e. The SMILES string of the molecule is CC(OC(N)=O)c1ccc(CC#N)cc1. The Hall–Kier alpha value is -2.02. The van der Waals surface area contributed by atoms with E-state index in [1.165, 1.54) is 0 Å². The average Bonchev–Trinajstić information content (AvgIpc) is 2.18. The van der Waals surface area contributed by atoms with E-state index in [9.17, 15) is 4.79 Å². The highest BCUT2D eigenvalue weighted by Crippen LogP contribution is 2.17. The van der Waals surface area contributed by atoms with Crippen LogP contribution in [-0.2, 0) is 11.2 Å². The summed E-state index contributed by atoms with van der Waals surface area (Å²) < 4.78 is 4.81. The molecule has 0 spiro atoms. The van der Waals surface area contributed by atoms with Crippen molar-refractivity contribution in [2.75, 3.05) is 0 Å². The first-order valence-electron chi connectivity index (χ1n) is 4.55. The highest BCUT2D eigenvalue weighted by atomic mass is 16.6. The molecule has 4 nitrogen and oxygen atoms in total. The first kappa shape index (κ1) is 11.1. The number of hydrogen-bond acceptors (Lipinski definition) is 3. The number of rotatable bonds is 3. The van der Waals surface area contributed by atoms with Crippen LogP contribution in [0.25, 0.3) is 0 Å². The fourth-order valence-corrected chi connectivity index (χ4v) is 1.24. The molecule has 0 saturated carbocycles. The number of primary amides is 1. The monoisotopic (exact) mass is 204 g/mol. The van der Waals surface area contributed by atoms with E-state index in [0.717, 1.165) is 11.1 Å². The number of carbonyl (C=O) groups is 1. The van der Waals surface area contributed by atoms with Gasteiger partial charge in [-0.25, -0.2) is 4.79 Å². The Labute approximate surface area is 88.3 Å². The molecule has 1 unspecified atom stereocenters. The Morgan fingerprint density at radius 2 is 2.13 bits per heavy atom. The van der Waals surface area contributed by atoms with Gasteiger partial charge < -0.3 is 10.5 Å². The number of benzene rings is 1. The van der Waals surface area contributed by atoms with Gasteiger partial charge in [-0.3, -0.25) is 0 Å². The van der Waals surface area contributed by atoms with Crippen LogP contribution in [0.1, 0.15) is 24.2 Å². The van der Waals surface area contributed by atoms with Crippen LogP contribution in [0.5, 0.6) is 0 Å². The second-order valence-electron chi connectivity index (χ2n) is 3.16. The van der Waals surface area contributed by atoms with Gasteiger partial charge in [-0.05, 0) is 18.1 Å². The molecule has 1 rings (SSSR count). The van der Waals surface area contributed by atoms with E-state index in [2.05, 4.69) is 6.07 Å². The van der Waals surface area contributed by atoms with Gasteiger partial charge in [0, 0.05) is 0 Å². The van der Waals surface area contributed by atoms with Crippen molar-refractivity contribution in [3.8, 4) is 6.07 Å². The van der Waals surface area contributed by atoms with Crippen molar-refractivity contribution in [1.82, 2.24) is 0 Å². The summed E-state index contributed by atoms with van der Waals surface area (Å²) in [6.45, 7) is 1.74. The first-order chi connectivity index (χ1) is 7.13. The van der Waals surface area contributed by atoms with Crippen molar-refractivity contribution in [3.05, 3.63) is 35.4 Å². The number of carbonyl (C=O) groups excluding carboxylic acids is 1. The Bertz CT molecular complexity index is 379. The van der Waals surface area contributed by atoms with Gasteiger partial charge in [0.25, 0.3) is 0 Å². The summed E-state index contributed by atoms with van der Waals surface area (Å²) in [4.78, 5) is 10.5. The number of ether oxygens (including phenoxy) is 1. The van der Waals surface area contributed by atoms with Crippen LogP contribution in [0.4, 0.5) is 4.79 Å². The van der Waals surface area contributed by atoms with Gasteiger partial charge >= 0.3 is 6.09 Å². The Morgan fingerprint density at radius 3 is 2.60 bits per heavy atom. The average molecular weight is 204 g/mol.